The highest BCUT2D eigenvalue weighted by molar-refractivity contribution is 5.91. The summed E-state index contributed by atoms with van der Waals surface area (Å²) in [6, 6.07) is 13.7. The van der Waals surface area contributed by atoms with Crippen LogP contribution in [0.25, 0.3) is 0 Å². The van der Waals surface area contributed by atoms with Crippen LogP contribution in [0.5, 0.6) is 0 Å². The van der Waals surface area contributed by atoms with Gasteiger partial charge in [-0.2, -0.15) is 0 Å². The van der Waals surface area contributed by atoms with Crippen molar-refractivity contribution in [2.45, 2.75) is 12.5 Å². The fraction of sp³-hybridized carbons (Fsp3) is 0.389. The van der Waals surface area contributed by atoms with E-state index >= 15 is 0 Å². The Kier molecular flexibility index (Phi) is 4.79. The topological polar surface area (TPSA) is 68.7 Å². The molecule has 1 aromatic carbocycles. The number of ether oxygens (including phenoxy) is 1. The molecule has 1 aliphatic heterocycles. The summed E-state index contributed by atoms with van der Waals surface area (Å²) in [5.41, 5.74) is 7.16. The number of amides is 1. The minimum absolute atomic E-state index is 0.0794. The molecule has 5 nitrogen and oxygen atoms in total. The van der Waals surface area contributed by atoms with Gasteiger partial charge in [-0.1, -0.05) is 30.3 Å². The first-order chi connectivity index (χ1) is 11.2. The van der Waals surface area contributed by atoms with E-state index in [-0.39, 0.29) is 17.7 Å². The minimum atomic E-state index is -0.0794. The first kappa shape index (κ1) is 15.8. The van der Waals surface area contributed by atoms with Crippen LogP contribution in [-0.4, -0.2) is 37.6 Å². The fourth-order valence-corrected chi connectivity index (χ4v) is 3.22. The van der Waals surface area contributed by atoms with Crippen molar-refractivity contribution in [2.75, 3.05) is 26.7 Å². The van der Waals surface area contributed by atoms with E-state index in [9.17, 15) is 4.79 Å². The van der Waals surface area contributed by atoms with Gasteiger partial charge in [0.15, 0.2) is 5.76 Å². The Balaban J connectivity index is 1.74. The maximum absolute atomic E-state index is 12.7. The zero-order valence-corrected chi connectivity index (χ0v) is 13.3. The quantitative estimate of drug-likeness (QED) is 0.919. The fourth-order valence-electron chi connectivity index (χ4n) is 3.22. The molecule has 5 heteroatoms. The van der Waals surface area contributed by atoms with Crippen LogP contribution in [0, 0.1) is 5.92 Å². The second-order valence-electron chi connectivity index (χ2n) is 5.92. The van der Waals surface area contributed by atoms with Crippen molar-refractivity contribution in [3.63, 3.8) is 0 Å². The summed E-state index contributed by atoms with van der Waals surface area (Å²) in [7, 11) is 1.60. The number of hydrogen-bond acceptors (Lipinski definition) is 4. The normalized spacial score (nSPS) is 20.9. The van der Waals surface area contributed by atoms with Crippen LogP contribution in [-0.2, 0) is 11.3 Å². The second-order valence-corrected chi connectivity index (χ2v) is 5.92. The predicted octanol–water partition coefficient (Wildman–Crippen LogP) is 2.24. The van der Waals surface area contributed by atoms with Gasteiger partial charge in [-0.05, 0) is 30.2 Å². The van der Waals surface area contributed by atoms with Gasteiger partial charge in [0.05, 0.1) is 0 Å². The minimum Gasteiger partial charge on any atom is -0.453 e. The third kappa shape index (κ3) is 3.30. The summed E-state index contributed by atoms with van der Waals surface area (Å²) in [6.07, 6.45) is 0. The predicted molar refractivity (Wildman–Crippen MR) is 87.1 cm³/mol. The van der Waals surface area contributed by atoms with E-state index in [0.29, 0.717) is 37.8 Å². The Morgan fingerprint density at radius 3 is 2.74 bits per heavy atom. The highest BCUT2D eigenvalue weighted by Crippen LogP contribution is 2.32. The summed E-state index contributed by atoms with van der Waals surface area (Å²) in [4.78, 5) is 14.5. The number of benzene rings is 1. The second kappa shape index (κ2) is 6.98. The van der Waals surface area contributed by atoms with Crippen molar-refractivity contribution in [1.29, 1.82) is 0 Å². The van der Waals surface area contributed by atoms with E-state index < -0.39 is 0 Å². The molecule has 0 unspecified atom stereocenters. The van der Waals surface area contributed by atoms with Gasteiger partial charge in [0.1, 0.15) is 12.4 Å². The van der Waals surface area contributed by atoms with E-state index in [1.807, 2.05) is 23.1 Å². The van der Waals surface area contributed by atoms with Crippen molar-refractivity contribution >= 4 is 5.91 Å². The highest BCUT2D eigenvalue weighted by atomic mass is 16.5. The number of likely N-dealkylation sites (tertiary alicyclic amines) is 1. The molecule has 1 aliphatic rings. The van der Waals surface area contributed by atoms with Crippen LogP contribution in [0.1, 0.15) is 27.8 Å². The van der Waals surface area contributed by atoms with Gasteiger partial charge >= 0.3 is 0 Å². The van der Waals surface area contributed by atoms with Crippen molar-refractivity contribution in [2.24, 2.45) is 11.7 Å². The van der Waals surface area contributed by atoms with E-state index in [1.54, 1.807) is 19.2 Å². The number of carbonyl (C=O) groups is 1. The number of methoxy groups -OCH3 is 1. The highest BCUT2D eigenvalue weighted by Gasteiger charge is 2.36. The van der Waals surface area contributed by atoms with Gasteiger partial charge in [0.25, 0.3) is 5.91 Å². The third-order valence-electron chi connectivity index (χ3n) is 4.42. The van der Waals surface area contributed by atoms with Crippen LogP contribution >= 0.6 is 0 Å². The molecule has 1 saturated heterocycles. The lowest BCUT2D eigenvalue weighted by molar-refractivity contribution is 0.0747. The lowest BCUT2D eigenvalue weighted by Gasteiger charge is -2.16. The molecule has 2 aromatic rings. The van der Waals surface area contributed by atoms with Crippen molar-refractivity contribution < 1.29 is 13.9 Å². The first-order valence-corrected chi connectivity index (χ1v) is 7.85. The molecule has 1 aromatic heterocycles. The van der Waals surface area contributed by atoms with Crippen LogP contribution in [0.4, 0.5) is 0 Å². The number of hydrogen-bond donors (Lipinski definition) is 1. The Labute approximate surface area is 136 Å². The SMILES string of the molecule is COCc1ccc(C(=O)N2C[C@@H](CN)[C@H](c3ccccc3)C2)o1. The maximum Gasteiger partial charge on any atom is 0.289 e. The average molecular weight is 314 g/mol. The van der Waals surface area contributed by atoms with E-state index in [4.69, 9.17) is 14.9 Å². The number of nitrogens with two attached hydrogens (primary N) is 1. The molecule has 3 rings (SSSR count). The van der Waals surface area contributed by atoms with E-state index in [2.05, 4.69) is 12.1 Å². The number of nitrogens with zero attached hydrogens (tertiary/aromatic N) is 1. The molecule has 1 fully saturated rings. The van der Waals surface area contributed by atoms with Gasteiger partial charge in [-0.25, -0.2) is 0 Å². The molecule has 23 heavy (non-hydrogen) atoms. The van der Waals surface area contributed by atoms with Gasteiger partial charge in [-0.3, -0.25) is 4.79 Å². The van der Waals surface area contributed by atoms with Crippen LogP contribution in [0.15, 0.2) is 46.9 Å². The van der Waals surface area contributed by atoms with Gasteiger partial charge in [0.2, 0.25) is 0 Å². The molecule has 2 heterocycles. The van der Waals surface area contributed by atoms with Crippen LogP contribution in [0.3, 0.4) is 0 Å². The molecule has 2 atom stereocenters. The molecule has 0 aliphatic carbocycles. The Hall–Kier alpha value is -2.11. The zero-order chi connectivity index (χ0) is 16.2. The number of rotatable bonds is 5. The van der Waals surface area contributed by atoms with Crippen LogP contribution < -0.4 is 5.73 Å². The van der Waals surface area contributed by atoms with E-state index in [1.165, 1.54) is 5.56 Å². The molecular weight excluding hydrogens is 292 g/mol. The molecule has 0 spiro atoms. The zero-order valence-electron chi connectivity index (χ0n) is 13.3. The van der Waals surface area contributed by atoms with Gasteiger partial charge < -0.3 is 19.8 Å². The summed E-state index contributed by atoms with van der Waals surface area (Å²) in [5, 5.41) is 0. The Morgan fingerprint density at radius 1 is 1.26 bits per heavy atom. The summed E-state index contributed by atoms with van der Waals surface area (Å²) in [5.74, 6) is 1.49. The molecule has 1 amide bonds. The lowest BCUT2D eigenvalue weighted by Crippen LogP contribution is -2.29. The number of carbonyl (C=O) groups excluding carboxylic acids is 1. The number of furan rings is 1. The smallest absolute Gasteiger partial charge is 0.289 e. The standard InChI is InChI=1S/C18H22N2O3/c1-22-12-15-7-8-17(23-15)18(21)20-10-14(9-19)16(11-20)13-5-3-2-4-6-13/h2-8,14,16H,9-12,19H2,1H3/t14-,16+/m1/s1. The van der Waals surface area contributed by atoms with E-state index in [0.717, 1.165) is 0 Å². The lowest BCUT2D eigenvalue weighted by atomic mass is 9.89. The van der Waals surface area contributed by atoms with Crippen molar-refractivity contribution in [3.8, 4) is 0 Å². The van der Waals surface area contributed by atoms with Crippen LogP contribution in [0.2, 0.25) is 0 Å². The monoisotopic (exact) mass is 314 g/mol. The first-order valence-electron chi connectivity index (χ1n) is 7.85. The third-order valence-corrected chi connectivity index (χ3v) is 4.42. The van der Waals surface area contributed by atoms with Crippen molar-refractivity contribution in [1.82, 2.24) is 4.90 Å². The van der Waals surface area contributed by atoms with Gasteiger partial charge in [0, 0.05) is 26.1 Å². The largest absolute Gasteiger partial charge is 0.453 e. The Morgan fingerprint density at radius 2 is 2.04 bits per heavy atom. The molecule has 0 radical (unpaired) electrons. The van der Waals surface area contributed by atoms with Crippen molar-refractivity contribution in [3.05, 3.63) is 59.5 Å². The molecule has 2 N–H and O–H groups in total. The summed E-state index contributed by atoms with van der Waals surface area (Å²) < 4.78 is 10.6. The maximum atomic E-state index is 12.7. The molecule has 0 bridgehead atoms. The van der Waals surface area contributed by atoms with Gasteiger partial charge in [-0.15, -0.1) is 0 Å². The summed E-state index contributed by atoms with van der Waals surface area (Å²) in [6.45, 7) is 2.27. The average Bonchev–Trinajstić information content (AvgIpc) is 3.22. The summed E-state index contributed by atoms with van der Waals surface area (Å²) >= 11 is 0. The molecule has 122 valence electrons. The molecular formula is C18H22N2O3. The molecule has 0 saturated carbocycles. The Bertz CT molecular complexity index is 653.